The third kappa shape index (κ3) is 3.08. The Balaban J connectivity index is 2.00. The van der Waals surface area contributed by atoms with Crippen LogP contribution in [-0.4, -0.2) is 35.5 Å². The molecule has 3 rings (SSSR count). The number of nitrogens with zero attached hydrogens (tertiary/aromatic N) is 1. The molecule has 4 atom stereocenters. The lowest BCUT2D eigenvalue weighted by Crippen LogP contribution is -2.47. The second kappa shape index (κ2) is 7.09. The summed E-state index contributed by atoms with van der Waals surface area (Å²) in [5.41, 5.74) is 0.760. The second-order valence-electron chi connectivity index (χ2n) is 7.66. The maximum absolute atomic E-state index is 13.4. The van der Waals surface area contributed by atoms with E-state index >= 15 is 0 Å². The topological polar surface area (TPSA) is 72.9 Å². The summed E-state index contributed by atoms with van der Waals surface area (Å²) >= 11 is 0. The smallest absolute Gasteiger partial charge is 0.416 e. The Kier molecular flexibility index (Phi) is 5.03. The first kappa shape index (κ1) is 18.4. The van der Waals surface area contributed by atoms with Crippen molar-refractivity contribution in [1.82, 2.24) is 4.90 Å². The van der Waals surface area contributed by atoms with Gasteiger partial charge in [-0.15, -0.1) is 0 Å². The summed E-state index contributed by atoms with van der Waals surface area (Å²) in [6.07, 6.45) is -1.33. The van der Waals surface area contributed by atoms with Crippen molar-refractivity contribution in [3.05, 3.63) is 35.9 Å². The number of carbonyl (C=O) groups is 3. The maximum atomic E-state index is 13.4. The van der Waals surface area contributed by atoms with Crippen LogP contribution in [0.25, 0.3) is 0 Å². The molecule has 2 fully saturated rings. The van der Waals surface area contributed by atoms with Crippen LogP contribution in [0.3, 0.4) is 0 Å². The van der Waals surface area contributed by atoms with E-state index in [2.05, 4.69) is 0 Å². The number of hydrogen-bond donors (Lipinski definition) is 0. The van der Waals surface area contributed by atoms with Crippen molar-refractivity contribution in [2.45, 2.75) is 39.8 Å². The first-order valence-electron chi connectivity index (χ1n) is 9.08. The van der Waals surface area contributed by atoms with Crippen molar-refractivity contribution in [2.75, 3.05) is 6.61 Å². The van der Waals surface area contributed by atoms with Crippen LogP contribution < -0.4 is 0 Å². The number of carbonyl (C=O) groups excluding carboxylic acids is 3. The number of rotatable bonds is 4. The van der Waals surface area contributed by atoms with Crippen molar-refractivity contribution in [3.8, 4) is 0 Å². The van der Waals surface area contributed by atoms with E-state index in [1.54, 1.807) is 0 Å². The number of imide groups is 1. The van der Waals surface area contributed by atoms with Crippen LogP contribution in [0.4, 0.5) is 4.79 Å². The number of benzene rings is 1. The van der Waals surface area contributed by atoms with Gasteiger partial charge >= 0.3 is 12.1 Å². The predicted octanol–water partition coefficient (Wildman–Crippen LogP) is 3.18. The Hall–Kier alpha value is -2.37. The van der Waals surface area contributed by atoms with E-state index in [4.69, 9.17) is 9.47 Å². The van der Waals surface area contributed by atoms with E-state index in [9.17, 15) is 14.4 Å². The summed E-state index contributed by atoms with van der Waals surface area (Å²) in [5.74, 6) is -2.12. The number of hydrogen-bond acceptors (Lipinski definition) is 5. The van der Waals surface area contributed by atoms with Gasteiger partial charge in [-0.1, -0.05) is 58.0 Å². The molecule has 0 aromatic heterocycles. The predicted molar refractivity (Wildman–Crippen MR) is 93.9 cm³/mol. The standard InChI is InChI=1S/C20H25NO5/c1-11(2)14-10-25-20(24)21(14)18(22)16-15(12(3)4)19(23)26-17(16)13-8-6-5-7-9-13/h5-9,11-12,14-17H,10H2,1-4H3/t14-,15-,16+,17-/m1/s1. The van der Waals surface area contributed by atoms with Gasteiger partial charge in [-0.25, -0.2) is 9.69 Å². The second-order valence-corrected chi connectivity index (χ2v) is 7.66. The summed E-state index contributed by atoms with van der Waals surface area (Å²) in [5, 5.41) is 0. The van der Waals surface area contributed by atoms with Crippen LogP contribution in [0.1, 0.15) is 39.4 Å². The highest BCUT2D eigenvalue weighted by Crippen LogP contribution is 2.44. The van der Waals surface area contributed by atoms with Gasteiger partial charge < -0.3 is 9.47 Å². The molecule has 0 saturated carbocycles. The monoisotopic (exact) mass is 359 g/mol. The molecule has 2 aliphatic rings. The summed E-state index contributed by atoms with van der Waals surface area (Å²) in [7, 11) is 0. The van der Waals surface area contributed by atoms with Crippen LogP contribution in [0.5, 0.6) is 0 Å². The highest BCUT2D eigenvalue weighted by molar-refractivity contribution is 5.98. The van der Waals surface area contributed by atoms with Crippen LogP contribution in [0, 0.1) is 23.7 Å². The minimum atomic E-state index is -0.739. The zero-order chi connectivity index (χ0) is 19.0. The van der Waals surface area contributed by atoms with Crippen molar-refractivity contribution >= 4 is 18.0 Å². The van der Waals surface area contributed by atoms with Gasteiger partial charge in [-0.2, -0.15) is 0 Å². The van der Waals surface area contributed by atoms with Gasteiger partial charge in [0.25, 0.3) is 0 Å². The molecule has 0 spiro atoms. The molecule has 2 saturated heterocycles. The fourth-order valence-corrected chi connectivity index (χ4v) is 3.84. The van der Waals surface area contributed by atoms with Gasteiger partial charge in [0.05, 0.1) is 17.9 Å². The molecule has 2 aliphatic heterocycles. The van der Waals surface area contributed by atoms with Crippen molar-refractivity contribution in [1.29, 1.82) is 0 Å². The highest BCUT2D eigenvalue weighted by Gasteiger charge is 2.54. The molecule has 0 N–H and O–H groups in total. The number of ether oxygens (including phenoxy) is 2. The molecule has 6 nitrogen and oxygen atoms in total. The molecule has 1 aromatic carbocycles. The third-order valence-corrected chi connectivity index (χ3v) is 5.27. The Morgan fingerprint density at radius 3 is 2.31 bits per heavy atom. The van der Waals surface area contributed by atoms with Gasteiger partial charge in [0.1, 0.15) is 12.7 Å². The molecule has 0 aliphatic carbocycles. The van der Waals surface area contributed by atoms with Gasteiger partial charge in [-0.05, 0) is 17.4 Å². The maximum Gasteiger partial charge on any atom is 0.416 e. The normalized spacial score (nSPS) is 28.6. The largest absolute Gasteiger partial charge is 0.456 e. The quantitative estimate of drug-likeness (QED) is 0.772. The lowest BCUT2D eigenvalue weighted by molar-refractivity contribution is -0.145. The molecular formula is C20H25NO5. The van der Waals surface area contributed by atoms with E-state index in [0.717, 1.165) is 5.56 Å². The van der Waals surface area contributed by atoms with Gasteiger partial charge in [0, 0.05) is 0 Å². The average Bonchev–Trinajstić information content (AvgIpc) is 3.15. The molecule has 26 heavy (non-hydrogen) atoms. The number of amides is 2. The molecule has 140 valence electrons. The molecule has 1 aromatic rings. The molecule has 2 amide bonds. The fraction of sp³-hybridized carbons (Fsp3) is 0.550. The van der Waals surface area contributed by atoms with E-state index in [1.165, 1.54) is 4.90 Å². The summed E-state index contributed by atoms with van der Waals surface area (Å²) < 4.78 is 10.7. The number of esters is 1. The fourth-order valence-electron chi connectivity index (χ4n) is 3.84. The van der Waals surface area contributed by atoms with Crippen LogP contribution in [0.15, 0.2) is 30.3 Å². The van der Waals surface area contributed by atoms with Gasteiger partial charge in [-0.3, -0.25) is 9.59 Å². The highest BCUT2D eigenvalue weighted by atomic mass is 16.6. The molecule has 0 bridgehead atoms. The first-order chi connectivity index (χ1) is 12.3. The molecule has 0 radical (unpaired) electrons. The summed E-state index contributed by atoms with van der Waals surface area (Å²) in [6, 6.07) is 8.90. The van der Waals surface area contributed by atoms with Crippen LogP contribution in [0.2, 0.25) is 0 Å². The average molecular weight is 359 g/mol. The molecular weight excluding hydrogens is 334 g/mol. The van der Waals surface area contributed by atoms with Crippen molar-refractivity contribution in [2.24, 2.45) is 23.7 Å². The van der Waals surface area contributed by atoms with Crippen molar-refractivity contribution in [3.63, 3.8) is 0 Å². The Morgan fingerprint density at radius 2 is 1.73 bits per heavy atom. The molecule has 2 heterocycles. The van der Waals surface area contributed by atoms with Gasteiger partial charge in [0.15, 0.2) is 0 Å². The van der Waals surface area contributed by atoms with E-state index < -0.39 is 24.0 Å². The first-order valence-corrected chi connectivity index (χ1v) is 9.08. The Morgan fingerprint density at radius 1 is 1.08 bits per heavy atom. The minimum absolute atomic E-state index is 0.0658. The molecule has 0 unspecified atom stereocenters. The van der Waals surface area contributed by atoms with E-state index in [-0.39, 0.29) is 36.4 Å². The van der Waals surface area contributed by atoms with Crippen LogP contribution >= 0.6 is 0 Å². The van der Waals surface area contributed by atoms with Crippen molar-refractivity contribution < 1.29 is 23.9 Å². The number of cyclic esters (lactones) is 2. The zero-order valence-electron chi connectivity index (χ0n) is 15.5. The summed E-state index contributed by atoms with van der Waals surface area (Å²) in [6.45, 7) is 7.85. The third-order valence-electron chi connectivity index (χ3n) is 5.27. The Labute approximate surface area is 153 Å². The zero-order valence-corrected chi connectivity index (χ0v) is 15.5. The summed E-state index contributed by atoms with van der Waals surface area (Å²) in [4.78, 5) is 39.4. The van der Waals surface area contributed by atoms with Crippen LogP contribution in [-0.2, 0) is 19.1 Å². The lowest BCUT2D eigenvalue weighted by Gasteiger charge is -2.29. The van der Waals surface area contributed by atoms with E-state index in [0.29, 0.717) is 0 Å². The minimum Gasteiger partial charge on any atom is -0.456 e. The molecule has 6 heteroatoms. The van der Waals surface area contributed by atoms with E-state index in [1.807, 2.05) is 58.0 Å². The van der Waals surface area contributed by atoms with Gasteiger partial charge in [0.2, 0.25) is 5.91 Å². The Bertz CT molecular complexity index is 699. The lowest BCUT2D eigenvalue weighted by atomic mass is 9.79. The SMILES string of the molecule is CC(C)[C@H]1C(=O)O[C@H](c2ccccc2)[C@H]1C(=O)N1C(=O)OC[C@@H]1C(C)C.